The number of nitrogens with one attached hydrogen (secondary N) is 1. The summed E-state index contributed by atoms with van der Waals surface area (Å²) in [4.78, 5) is 4.79. The molecule has 0 amide bonds. The Morgan fingerprint density at radius 1 is 0.786 bits per heavy atom. The Balaban J connectivity index is 1.80. The third-order valence-electron chi connectivity index (χ3n) is 4.73. The molecule has 4 nitrogen and oxygen atoms in total. The Kier molecular flexibility index (Phi) is 4.85. The smallest absolute Gasteiger partial charge is 0.229 e. The quantitative estimate of drug-likeness (QED) is 0.443. The number of aryl methyl sites for hydroxylation is 2. The van der Waals surface area contributed by atoms with Gasteiger partial charge in [0, 0.05) is 16.8 Å². The van der Waals surface area contributed by atoms with E-state index in [1.165, 1.54) is 0 Å². The van der Waals surface area contributed by atoms with Crippen LogP contribution in [-0.4, -0.2) is 12.1 Å². The molecule has 0 saturated carbocycles. The Bertz CT molecular complexity index is 1060. The predicted octanol–water partition coefficient (Wildman–Crippen LogP) is 6.38. The average Bonchev–Trinajstić information content (AvgIpc) is 3.15. The molecule has 4 heteroatoms. The first-order valence-corrected chi connectivity index (χ1v) is 9.19. The normalized spacial score (nSPS) is 10.7. The van der Waals surface area contributed by atoms with Crippen LogP contribution in [0.5, 0.6) is 5.75 Å². The van der Waals surface area contributed by atoms with Crippen LogP contribution in [-0.2, 0) is 0 Å². The second kappa shape index (κ2) is 7.61. The van der Waals surface area contributed by atoms with Crippen molar-refractivity contribution in [3.05, 3.63) is 83.9 Å². The van der Waals surface area contributed by atoms with Gasteiger partial charge in [-0.2, -0.15) is 0 Å². The summed E-state index contributed by atoms with van der Waals surface area (Å²) < 4.78 is 11.4. The van der Waals surface area contributed by atoms with Gasteiger partial charge in [0.1, 0.15) is 11.4 Å². The number of hydrogen-bond donors (Lipinski definition) is 1. The SMILES string of the molecule is COc1ccc(-c2nc(-c3ccccc3)c(Nc3c(C)cccc3C)o2)cc1. The minimum Gasteiger partial charge on any atom is -0.497 e. The van der Waals surface area contributed by atoms with E-state index in [1.807, 2.05) is 54.6 Å². The van der Waals surface area contributed by atoms with Gasteiger partial charge in [-0.3, -0.25) is 0 Å². The molecule has 0 saturated heterocycles. The van der Waals surface area contributed by atoms with Crippen molar-refractivity contribution in [2.24, 2.45) is 0 Å². The summed E-state index contributed by atoms with van der Waals surface area (Å²) >= 11 is 0. The van der Waals surface area contributed by atoms with Crippen LogP contribution in [0.3, 0.4) is 0 Å². The second-order valence-corrected chi connectivity index (χ2v) is 6.68. The van der Waals surface area contributed by atoms with Gasteiger partial charge in [0.15, 0.2) is 0 Å². The zero-order valence-corrected chi connectivity index (χ0v) is 16.2. The molecule has 0 atom stereocenters. The van der Waals surface area contributed by atoms with Crippen molar-refractivity contribution in [2.75, 3.05) is 12.4 Å². The van der Waals surface area contributed by atoms with Crippen molar-refractivity contribution in [2.45, 2.75) is 13.8 Å². The Morgan fingerprint density at radius 2 is 1.46 bits per heavy atom. The van der Waals surface area contributed by atoms with E-state index in [1.54, 1.807) is 7.11 Å². The lowest BCUT2D eigenvalue weighted by Crippen LogP contribution is -1.96. The topological polar surface area (TPSA) is 47.3 Å². The van der Waals surface area contributed by atoms with Gasteiger partial charge in [0.2, 0.25) is 11.8 Å². The lowest BCUT2D eigenvalue weighted by atomic mass is 10.1. The van der Waals surface area contributed by atoms with Crippen LogP contribution in [0.2, 0.25) is 0 Å². The molecular formula is C24H22N2O2. The maximum atomic E-state index is 6.18. The molecule has 28 heavy (non-hydrogen) atoms. The van der Waals surface area contributed by atoms with Crippen molar-refractivity contribution in [1.82, 2.24) is 4.98 Å². The molecule has 0 aliphatic heterocycles. The van der Waals surface area contributed by atoms with Gasteiger partial charge < -0.3 is 14.5 Å². The summed E-state index contributed by atoms with van der Waals surface area (Å²) in [6.07, 6.45) is 0. The predicted molar refractivity (Wildman–Crippen MR) is 113 cm³/mol. The number of aromatic nitrogens is 1. The molecule has 0 bridgehead atoms. The lowest BCUT2D eigenvalue weighted by Gasteiger charge is -2.11. The van der Waals surface area contributed by atoms with E-state index >= 15 is 0 Å². The number of rotatable bonds is 5. The highest BCUT2D eigenvalue weighted by atomic mass is 16.5. The third-order valence-corrected chi connectivity index (χ3v) is 4.73. The number of ether oxygens (including phenoxy) is 1. The summed E-state index contributed by atoms with van der Waals surface area (Å²) in [5.41, 5.74) is 6.03. The molecule has 0 spiro atoms. The largest absolute Gasteiger partial charge is 0.497 e. The fraction of sp³-hybridized carbons (Fsp3) is 0.125. The zero-order valence-electron chi connectivity index (χ0n) is 16.2. The molecule has 0 unspecified atom stereocenters. The monoisotopic (exact) mass is 370 g/mol. The summed E-state index contributed by atoms with van der Waals surface area (Å²) in [6, 6.07) is 24.0. The number of para-hydroxylation sites is 1. The number of anilines is 2. The van der Waals surface area contributed by atoms with Gasteiger partial charge in [0.05, 0.1) is 7.11 Å². The average molecular weight is 370 g/mol. The summed E-state index contributed by atoms with van der Waals surface area (Å²) in [7, 11) is 1.65. The highest BCUT2D eigenvalue weighted by molar-refractivity contribution is 5.78. The van der Waals surface area contributed by atoms with Crippen LogP contribution in [0, 0.1) is 13.8 Å². The van der Waals surface area contributed by atoms with Crippen LogP contribution in [0.25, 0.3) is 22.7 Å². The number of oxazole rings is 1. The first kappa shape index (κ1) is 17.9. The lowest BCUT2D eigenvalue weighted by molar-refractivity contribution is 0.415. The number of hydrogen-bond acceptors (Lipinski definition) is 4. The van der Waals surface area contributed by atoms with Crippen molar-refractivity contribution < 1.29 is 9.15 Å². The van der Waals surface area contributed by atoms with Crippen LogP contribution >= 0.6 is 0 Å². The number of methoxy groups -OCH3 is 1. The molecule has 4 aromatic rings. The number of benzene rings is 3. The Labute approximate surface area is 164 Å². The third kappa shape index (κ3) is 3.49. The first-order chi connectivity index (χ1) is 13.7. The van der Waals surface area contributed by atoms with Crippen molar-refractivity contribution >= 4 is 11.6 Å². The molecule has 0 radical (unpaired) electrons. The van der Waals surface area contributed by atoms with Gasteiger partial charge in [-0.1, -0.05) is 48.5 Å². The highest BCUT2D eigenvalue weighted by Gasteiger charge is 2.18. The maximum absolute atomic E-state index is 6.18. The van der Waals surface area contributed by atoms with Crippen LogP contribution in [0.15, 0.2) is 77.2 Å². The van der Waals surface area contributed by atoms with Crippen LogP contribution in [0.1, 0.15) is 11.1 Å². The highest BCUT2D eigenvalue weighted by Crippen LogP contribution is 2.36. The van der Waals surface area contributed by atoms with Crippen LogP contribution in [0.4, 0.5) is 11.6 Å². The molecule has 140 valence electrons. The van der Waals surface area contributed by atoms with Crippen molar-refractivity contribution in [3.8, 4) is 28.5 Å². The molecule has 1 heterocycles. The van der Waals surface area contributed by atoms with E-state index < -0.39 is 0 Å². The van der Waals surface area contributed by atoms with Gasteiger partial charge in [-0.15, -0.1) is 0 Å². The van der Waals surface area contributed by atoms with Gasteiger partial charge in [-0.05, 0) is 49.2 Å². The molecule has 0 fully saturated rings. The molecule has 4 rings (SSSR count). The Hall–Kier alpha value is -3.53. The molecular weight excluding hydrogens is 348 g/mol. The standard InChI is InChI=1S/C24H22N2O2/c1-16-8-7-9-17(2)21(16)25-24-22(18-10-5-4-6-11-18)26-23(28-24)19-12-14-20(27-3)15-13-19/h4-15,25H,1-3H3. The van der Waals surface area contributed by atoms with Crippen molar-refractivity contribution in [3.63, 3.8) is 0 Å². The maximum Gasteiger partial charge on any atom is 0.229 e. The van der Waals surface area contributed by atoms with Crippen molar-refractivity contribution in [1.29, 1.82) is 0 Å². The van der Waals surface area contributed by atoms with Gasteiger partial charge >= 0.3 is 0 Å². The second-order valence-electron chi connectivity index (χ2n) is 6.68. The Morgan fingerprint density at radius 3 is 2.11 bits per heavy atom. The minimum atomic E-state index is 0.565. The summed E-state index contributed by atoms with van der Waals surface area (Å²) in [5.74, 6) is 2.00. The fourth-order valence-corrected chi connectivity index (χ4v) is 3.18. The molecule has 1 aromatic heterocycles. The van der Waals surface area contributed by atoms with E-state index in [2.05, 4.69) is 37.4 Å². The minimum absolute atomic E-state index is 0.565. The summed E-state index contributed by atoms with van der Waals surface area (Å²) in [5, 5.41) is 3.47. The van der Waals surface area contributed by atoms with E-state index in [9.17, 15) is 0 Å². The van der Waals surface area contributed by atoms with E-state index in [0.717, 1.165) is 39.4 Å². The fourth-order valence-electron chi connectivity index (χ4n) is 3.18. The molecule has 0 aliphatic carbocycles. The number of nitrogens with zero attached hydrogens (tertiary/aromatic N) is 1. The zero-order chi connectivity index (χ0) is 19.5. The van der Waals surface area contributed by atoms with E-state index in [-0.39, 0.29) is 0 Å². The molecule has 3 aromatic carbocycles. The summed E-state index contributed by atoms with van der Waals surface area (Å²) in [6.45, 7) is 4.16. The molecule has 1 N–H and O–H groups in total. The van der Waals surface area contributed by atoms with E-state index in [0.29, 0.717) is 11.8 Å². The van der Waals surface area contributed by atoms with Crippen LogP contribution < -0.4 is 10.1 Å². The first-order valence-electron chi connectivity index (χ1n) is 9.19. The van der Waals surface area contributed by atoms with Gasteiger partial charge in [0.25, 0.3) is 0 Å². The molecule has 0 aliphatic rings. The van der Waals surface area contributed by atoms with Gasteiger partial charge in [-0.25, -0.2) is 4.98 Å². The van der Waals surface area contributed by atoms with E-state index in [4.69, 9.17) is 14.1 Å².